The summed E-state index contributed by atoms with van der Waals surface area (Å²) in [6.45, 7) is 10.2. The van der Waals surface area contributed by atoms with Gasteiger partial charge in [-0.1, -0.05) is 53.4 Å². The molecule has 0 amide bonds. The van der Waals surface area contributed by atoms with Crippen molar-refractivity contribution in [3.05, 3.63) is 0 Å². The molecule has 0 aliphatic heterocycles. The van der Waals surface area contributed by atoms with Gasteiger partial charge in [-0.15, -0.1) is 0 Å². The van der Waals surface area contributed by atoms with Gasteiger partial charge in [0.05, 0.1) is 26.1 Å². The van der Waals surface area contributed by atoms with E-state index in [1.54, 1.807) is 0 Å². The zero-order valence-electron chi connectivity index (χ0n) is 20.0. The molecule has 2 unspecified atom stereocenters. The highest BCUT2D eigenvalue weighted by atomic mass is 16.5. The van der Waals surface area contributed by atoms with Crippen LogP contribution in [-0.2, 0) is 19.1 Å². The Labute approximate surface area is 184 Å². The molecule has 0 bridgehead atoms. The van der Waals surface area contributed by atoms with Crippen LogP contribution in [-0.4, -0.2) is 25.2 Å². The third kappa shape index (κ3) is 9.39. The molecule has 2 rings (SSSR count). The van der Waals surface area contributed by atoms with Gasteiger partial charge in [0, 0.05) is 0 Å². The van der Waals surface area contributed by atoms with Crippen molar-refractivity contribution in [3.63, 3.8) is 0 Å². The topological polar surface area (TPSA) is 52.6 Å². The van der Waals surface area contributed by atoms with Crippen molar-refractivity contribution in [1.82, 2.24) is 0 Å². The fraction of sp³-hybridized carbons (Fsp3) is 0.923. The predicted octanol–water partition coefficient (Wildman–Crippen LogP) is 6.56. The van der Waals surface area contributed by atoms with Crippen molar-refractivity contribution >= 4 is 11.9 Å². The van der Waals surface area contributed by atoms with E-state index in [4.69, 9.17) is 9.47 Å². The van der Waals surface area contributed by atoms with E-state index in [1.165, 1.54) is 51.4 Å². The van der Waals surface area contributed by atoms with E-state index in [2.05, 4.69) is 27.7 Å². The summed E-state index contributed by atoms with van der Waals surface area (Å²) in [4.78, 5) is 23.9. The molecule has 0 aromatic rings. The third-order valence-corrected chi connectivity index (χ3v) is 7.94. The molecule has 2 saturated carbocycles. The quantitative estimate of drug-likeness (QED) is 0.354. The lowest BCUT2D eigenvalue weighted by molar-refractivity contribution is -0.150. The van der Waals surface area contributed by atoms with E-state index >= 15 is 0 Å². The van der Waals surface area contributed by atoms with Crippen molar-refractivity contribution in [2.45, 2.75) is 105 Å². The molecule has 4 heteroatoms. The summed E-state index contributed by atoms with van der Waals surface area (Å²) in [5, 5.41) is 0. The first-order valence-corrected chi connectivity index (χ1v) is 12.7. The number of carbonyl (C=O) groups excluding carboxylic acids is 2. The summed E-state index contributed by atoms with van der Waals surface area (Å²) in [6.07, 6.45) is 12.6. The van der Waals surface area contributed by atoms with Gasteiger partial charge in [0.25, 0.3) is 0 Å². The highest BCUT2D eigenvalue weighted by Crippen LogP contribution is 2.35. The lowest BCUT2D eigenvalue weighted by Crippen LogP contribution is -2.21. The van der Waals surface area contributed by atoms with E-state index in [9.17, 15) is 9.59 Å². The molecule has 0 saturated heterocycles. The van der Waals surface area contributed by atoms with Crippen LogP contribution < -0.4 is 0 Å². The Kier molecular flexibility index (Phi) is 11.2. The van der Waals surface area contributed by atoms with Crippen LogP contribution in [0.4, 0.5) is 0 Å². The van der Waals surface area contributed by atoms with Gasteiger partial charge >= 0.3 is 11.9 Å². The molecular formula is C26H46O4. The van der Waals surface area contributed by atoms with Crippen LogP contribution >= 0.6 is 0 Å². The van der Waals surface area contributed by atoms with Crippen LogP contribution in [0.5, 0.6) is 0 Å². The van der Waals surface area contributed by atoms with Gasteiger partial charge in [-0.3, -0.25) is 9.59 Å². The molecule has 2 aliphatic carbocycles. The van der Waals surface area contributed by atoms with Gasteiger partial charge in [-0.2, -0.15) is 0 Å². The van der Waals surface area contributed by atoms with Gasteiger partial charge < -0.3 is 9.47 Å². The first kappa shape index (κ1) is 25.2. The lowest BCUT2D eigenvalue weighted by atomic mass is 9.76. The lowest BCUT2D eigenvalue weighted by Gasteiger charge is -2.30. The predicted molar refractivity (Wildman–Crippen MR) is 121 cm³/mol. The Bertz CT molecular complexity index is 455. The maximum absolute atomic E-state index is 11.9. The molecule has 174 valence electrons. The minimum Gasteiger partial charge on any atom is -0.466 e. The summed E-state index contributed by atoms with van der Waals surface area (Å²) in [5.41, 5.74) is 0. The molecule has 0 aromatic carbocycles. The Morgan fingerprint density at radius 1 is 0.667 bits per heavy atom. The third-order valence-electron chi connectivity index (χ3n) is 7.94. The van der Waals surface area contributed by atoms with Crippen molar-refractivity contribution < 1.29 is 19.1 Å². The number of esters is 2. The molecule has 0 heterocycles. The zero-order chi connectivity index (χ0) is 21.9. The smallest absolute Gasteiger partial charge is 0.306 e. The van der Waals surface area contributed by atoms with E-state index in [0.29, 0.717) is 25.0 Å². The van der Waals surface area contributed by atoms with E-state index < -0.39 is 0 Å². The maximum Gasteiger partial charge on any atom is 0.306 e. The van der Waals surface area contributed by atoms with Crippen LogP contribution in [0.25, 0.3) is 0 Å². The summed E-state index contributed by atoms with van der Waals surface area (Å²) in [5.74, 6) is 3.93. The number of ether oxygens (including phenoxy) is 2. The Morgan fingerprint density at radius 2 is 1.00 bits per heavy atom. The van der Waals surface area contributed by atoms with Crippen LogP contribution in [0, 0.1) is 35.5 Å². The average Bonchev–Trinajstić information content (AvgIpc) is 2.73. The van der Waals surface area contributed by atoms with Crippen molar-refractivity contribution in [2.75, 3.05) is 13.2 Å². The van der Waals surface area contributed by atoms with E-state index in [0.717, 1.165) is 36.5 Å². The van der Waals surface area contributed by atoms with Crippen LogP contribution in [0.2, 0.25) is 0 Å². The van der Waals surface area contributed by atoms with Crippen LogP contribution in [0.3, 0.4) is 0 Å². The second-order valence-corrected chi connectivity index (χ2v) is 10.5. The number of carbonyl (C=O) groups is 2. The molecule has 0 radical (unpaired) electrons. The normalized spacial score (nSPS) is 29.1. The Balaban J connectivity index is 1.48. The average molecular weight is 423 g/mol. The number of rotatable bonds is 11. The standard InChI is InChI=1S/C26H46O4/c1-19-5-9-23(10-6-19)21(3)15-17-29-25(27)13-14-26(28)30-18-16-22(4)24-11-7-20(2)8-12-24/h19-24H,5-18H2,1-4H3. The number of hydrogen-bond donors (Lipinski definition) is 0. The zero-order valence-corrected chi connectivity index (χ0v) is 20.0. The minimum atomic E-state index is -0.277. The van der Waals surface area contributed by atoms with Crippen molar-refractivity contribution in [1.29, 1.82) is 0 Å². The van der Waals surface area contributed by atoms with Gasteiger partial charge in [0.15, 0.2) is 0 Å². The Hall–Kier alpha value is -1.06. The first-order valence-electron chi connectivity index (χ1n) is 12.7. The second-order valence-electron chi connectivity index (χ2n) is 10.5. The maximum atomic E-state index is 11.9. The summed E-state index contributed by atoms with van der Waals surface area (Å²) >= 11 is 0. The summed E-state index contributed by atoms with van der Waals surface area (Å²) in [7, 11) is 0. The summed E-state index contributed by atoms with van der Waals surface area (Å²) in [6, 6.07) is 0. The fourth-order valence-electron chi connectivity index (χ4n) is 5.25. The largest absolute Gasteiger partial charge is 0.466 e. The molecule has 2 atom stereocenters. The molecular weight excluding hydrogens is 376 g/mol. The molecule has 2 aliphatic rings. The monoisotopic (exact) mass is 422 g/mol. The van der Waals surface area contributed by atoms with Gasteiger partial charge in [-0.05, 0) is 74.0 Å². The van der Waals surface area contributed by atoms with Crippen molar-refractivity contribution in [2.24, 2.45) is 35.5 Å². The highest BCUT2D eigenvalue weighted by Gasteiger charge is 2.24. The number of hydrogen-bond acceptors (Lipinski definition) is 4. The van der Waals surface area contributed by atoms with E-state index in [-0.39, 0.29) is 24.8 Å². The summed E-state index contributed by atoms with van der Waals surface area (Å²) < 4.78 is 10.7. The van der Waals surface area contributed by atoms with E-state index in [1.807, 2.05) is 0 Å². The molecule has 0 N–H and O–H groups in total. The first-order chi connectivity index (χ1) is 14.3. The molecule has 0 spiro atoms. The Morgan fingerprint density at radius 3 is 1.33 bits per heavy atom. The van der Waals surface area contributed by atoms with Crippen LogP contribution in [0.1, 0.15) is 105 Å². The fourth-order valence-corrected chi connectivity index (χ4v) is 5.25. The molecule has 2 fully saturated rings. The van der Waals surface area contributed by atoms with Gasteiger partial charge in [0.2, 0.25) is 0 Å². The molecule has 30 heavy (non-hydrogen) atoms. The van der Waals surface area contributed by atoms with Crippen LogP contribution in [0.15, 0.2) is 0 Å². The van der Waals surface area contributed by atoms with Crippen molar-refractivity contribution in [3.8, 4) is 0 Å². The highest BCUT2D eigenvalue weighted by molar-refractivity contribution is 5.77. The minimum absolute atomic E-state index is 0.129. The van der Waals surface area contributed by atoms with Gasteiger partial charge in [0.1, 0.15) is 0 Å². The molecule has 4 nitrogen and oxygen atoms in total. The SMILES string of the molecule is CC1CCC(C(C)CCOC(=O)CCC(=O)OCCC(C)C2CCC(C)CC2)CC1. The molecule has 0 aromatic heterocycles. The van der Waals surface area contributed by atoms with Gasteiger partial charge in [-0.25, -0.2) is 0 Å². The second kappa shape index (κ2) is 13.4.